The molecule has 1 aliphatic rings. The molecule has 1 N–H and O–H groups in total. The van der Waals surface area contributed by atoms with Gasteiger partial charge in [0.15, 0.2) is 0 Å². The normalized spacial score (nSPS) is 16.1. The van der Waals surface area contributed by atoms with Gasteiger partial charge < -0.3 is 24.4 Å². The molecular weight excluding hydrogens is 392 g/mol. The van der Waals surface area contributed by atoms with Crippen molar-refractivity contribution >= 4 is 12.0 Å². The Bertz CT molecular complexity index is 939. The van der Waals surface area contributed by atoms with Gasteiger partial charge in [-0.25, -0.2) is 0 Å². The highest BCUT2D eigenvalue weighted by Gasteiger charge is 2.21. The Morgan fingerprint density at radius 1 is 1.32 bits per heavy atom. The van der Waals surface area contributed by atoms with Gasteiger partial charge in [0.1, 0.15) is 23.4 Å². The number of nitrogens with zero attached hydrogens (tertiary/aromatic N) is 1. The van der Waals surface area contributed by atoms with E-state index in [4.69, 9.17) is 14.2 Å². The highest BCUT2D eigenvalue weighted by atomic mass is 16.5. The maximum absolute atomic E-state index is 12.5. The van der Waals surface area contributed by atoms with Gasteiger partial charge in [-0.3, -0.25) is 4.79 Å². The minimum atomic E-state index is -0.160. The predicted octanol–water partition coefficient (Wildman–Crippen LogP) is 3.85. The maximum atomic E-state index is 12.5. The number of carbonyl (C=O) groups is 1. The summed E-state index contributed by atoms with van der Waals surface area (Å²) in [7, 11) is 5.63. The number of amides is 1. The lowest BCUT2D eigenvalue weighted by Crippen LogP contribution is -2.33. The molecule has 2 aromatic carbocycles. The highest BCUT2D eigenvalue weighted by Crippen LogP contribution is 2.35. The fraction of sp³-hybridized carbons (Fsp3) is 0.400. The zero-order valence-electron chi connectivity index (χ0n) is 19.0. The lowest BCUT2D eigenvalue weighted by atomic mass is 10.1. The number of carbonyl (C=O) groups excluding carboxylic acids is 1. The van der Waals surface area contributed by atoms with Crippen LogP contribution in [0, 0.1) is 0 Å². The summed E-state index contributed by atoms with van der Waals surface area (Å²) in [5, 5.41) is 3.00. The molecule has 31 heavy (non-hydrogen) atoms. The van der Waals surface area contributed by atoms with E-state index >= 15 is 0 Å². The van der Waals surface area contributed by atoms with Gasteiger partial charge in [-0.15, -0.1) is 0 Å². The zero-order chi connectivity index (χ0) is 22.4. The Kier molecular flexibility index (Phi) is 7.58. The van der Waals surface area contributed by atoms with Crippen molar-refractivity contribution in [2.45, 2.75) is 32.4 Å². The monoisotopic (exact) mass is 424 g/mol. The Hall–Kier alpha value is -2.99. The van der Waals surface area contributed by atoms with Crippen molar-refractivity contribution in [1.82, 2.24) is 10.2 Å². The summed E-state index contributed by atoms with van der Waals surface area (Å²) in [6.45, 7) is 5.04. The molecule has 6 nitrogen and oxygen atoms in total. The van der Waals surface area contributed by atoms with Crippen molar-refractivity contribution in [1.29, 1.82) is 0 Å². The molecule has 0 saturated heterocycles. The van der Waals surface area contributed by atoms with Crippen molar-refractivity contribution in [3.05, 3.63) is 59.2 Å². The van der Waals surface area contributed by atoms with E-state index in [2.05, 4.69) is 10.2 Å². The molecule has 3 rings (SSSR count). The van der Waals surface area contributed by atoms with Crippen LogP contribution < -0.4 is 19.5 Å². The number of fused-ring (bicyclic) bond motifs is 1. The second-order valence-corrected chi connectivity index (χ2v) is 7.90. The smallest absolute Gasteiger partial charge is 0.244 e. The molecule has 0 bridgehead atoms. The van der Waals surface area contributed by atoms with Crippen molar-refractivity contribution in [2.24, 2.45) is 0 Å². The number of ether oxygens (including phenoxy) is 3. The number of methoxy groups -OCH3 is 1. The molecule has 1 heterocycles. The molecule has 0 spiro atoms. The largest absolute Gasteiger partial charge is 0.497 e. The molecule has 2 aromatic rings. The Morgan fingerprint density at radius 3 is 2.84 bits per heavy atom. The molecular formula is C25H32N2O4. The molecule has 1 amide bonds. The molecule has 1 aliphatic heterocycles. The average Bonchev–Trinajstić information content (AvgIpc) is 3.11. The first-order chi connectivity index (χ1) is 14.9. The number of hydrogen-bond acceptors (Lipinski definition) is 5. The van der Waals surface area contributed by atoms with Gasteiger partial charge in [-0.1, -0.05) is 12.1 Å². The standard InChI is InChI=1S/C25H32N2O4/c1-6-30-23-15-20-12-17(2)31-24(20)14-19(23)10-11-25(28)26-16-22(27(3)4)18-8-7-9-21(13-18)29-5/h7-11,13-15,17,22H,6,12,16H2,1-5H3,(H,26,28). The van der Waals surface area contributed by atoms with Crippen molar-refractivity contribution in [2.75, 3.05) is 34.4 Å². The van der Waals surface area contributed by atoms with Gasteiger partial charge in [-0.2, -0.15) is 0 Å². The Balaban J connectivity index is 1.69. The van der Waals surface area contributed by atoms with Gasteiger partial charge >= 0.3 is 0 Å². The summed E-state index contributed by atoms with van der Waals surface area (Å²) in [4.78, 5) is 14.6. The molecule has 0 aromatic heterocycles. The number of rotatable bonds is 9. The second-order valence-electron chi connectivity index (χ2n) is 7.90. The summed E-state index contributed by atoms with van der Waals surface area (Å²) >= 11 is 0. The van der Waals surface area contributed by atoms with Crippen LogP contribution in [0.1, 0.15) is 36.6 Å². The fourth-order valence-electron chi connectivity index (χ4n) is 3.73. The van der Waals surface area contributed by atoms with E-state index in [0.717, 1.165) is 40.4 Å². The van der Waals surface area contributed by atoms with Gasteiger partial charge in [0.2, 0.25) is 5.91 Å². The first kappa shape index (κ1) is 22.7. The zero-order valence-corrected chi connectivity index (χ0v) is 19.0. The Morgan fingerprint density at radius 2 is 2.13 bits per heavy atom. The second kappa shape index (κ2) is 10.4. The van der Waals surface area contributed by atoms with Crippen molar-refractivity contribution in [3.8, 4) is 17.2 Å². The molecule has 6 heteroatoms. The lowest BCUT2D eigenvalue weighted by Gasteiger charge is -2.25. The fourth-order valence-corrected chi connectivity index (χ4v) is 3.73. The van der Waals surface area contributed by atoms with Crippen LogP contribution >= 0.6 is 0 Å². The number of benzene rings is 2. The van der Waals surface area contributed by atoms with E-state index in [-0.39, 0.29) is 18.1 Å². The molecule has 0 saturated carbocycles. The summed E-state index contributed by atoms with van der Waals surface area (Å²) < 4.78 is 17.0. The quantitative estimate of drug-likeness (QED) is 0.620. The SMILES string of the molecule is CCOc1cc2c(cc1C=CC(=O)NCC(c1cccc(OC)c1)N(C)C)OC(C)C2. The van der Waals surface area contributed by atoms with Crippen molar-refractivity contribution in [3.63, 3.8) is 0 Å². The third-order valence-corrected chi connectivity index (χ3v) is 5.31. The summed E-state index contributed by atoms with van der Waals surface area (Å²) in [5.41, 5.74) is 3.06. The topological polar surface area (TPSA) is 60.0 Å². The van der Waals surface area contributed by atoms with Crippen LogP contribution in [0.25, 0.3) is 6.08 Å². The molecule has 166 valence electrons. The molecule has 0 radical (unpaired) electrons. The average molecular weight is 425 g/mol. The van der Waals surface area contributed by atoms with Crippen LogP contribution in [0.2, 0.25) is 0 Å². The van der Waals surface area contributed by atoms with Crippen LogP contribution in [0.15, 0.2) is 42.5 Å². The molecule has 2 unspecified atom stereocenters. The maximum Gasteiger partial charge on any atom is 0.244 e. The lowest BCUT2D eigenvalue weighted by molar-refractivity contribution is -0.116. The van der Waals surface area contributed by atoms with Crippen LogP contribution in [0.3, 0.4) is 0 Å². The van der Waals surface area contributed by atoms with Crippen LogP contribution in [0.5, 0.6) is 17.2 Å². The number of likely N-dealkylation sites (N-methyl/N-ethyl adjacent to an activating group) is 1. The number of nitrogens with one attached hydrogen (secondary N) is 1. The van der Waals surface area contributed by atoms with Crippen molar-refractivity contribution < 1.29 is 19.0 Å². The van der Waals surface area contributed by atoms with E-state index in [9.17, 15) is 4.79 Å². The number of hydrogen-bond donors (Lipinski definition) is 1. The van der Waals surface area contributed by atoms with Crippen LogP contribution in [-0.2, 0) is 11.2 Å². The molecule has 0 aliphatic carbocycles. The van der Waals surface area contributed by atoms with E-state index in [1.54, 1.807) is 19.3 Å². The molecule has 0 fully saturated rings. The van der Waals surface area contributed by atoms with E-state index < -0.39 is 0 Å². The Labute approximate surface area is 184 Å². The van der Waals surface area contributed by atoms with Gasteiger partial charge in [0, 0.05) is 30.2 Å². The van der Waals surface area contributed by atoms with E-state index in [1.807, 2.05) is 64.3 Å². The predicted molar refractivity (Wildman–Crippen MR) is 123 cm³/mol. The molecule has 2 atom stereocenters. The minimum Gasteiger partial charge on any atom is -0.497 e. The third kappa shape index (κ3) is 5.79. The van der Waals surface area contributed by atoms with Gasteiger partial charge in [0.05, 0.1) is 19.8 Å². The first-order valence-corrected chi connectivity index (χ1v) is 10.6. The summed E-state index contributed by atoms with van der Waals surface area (Å²) in [6.07, 6.45) is 4.35. The van der Waals surface area contributed by atoms with Crippen LogP contribution in [0.4, 0.5) is 0 Å². The third-order valence-electron chi connectivity index (χ3n) is 5.31. The van der Waals surface area contributed by atoms with Gasteiger partial charge in [0.25, 0.3) is 0 Å². The summed E-state index contributed by atoms with van der Waals surface area (Å²) in [6, 6.07) is 11.9. The summed E-state index contributed by atoms with van der Waals surface area (Å²) in [5.74, 6) is 2.27. The highest BCUT2D eigenvalue weighted by molar-refractivity contribution is 5.92. The minimum absolute atomic E-state index is 0.0290. The van der Waals surface area contributed by atoms with Crippen LogP contribution in [-0.4, -0.2) is 51.3 Å². The van der Waals surface area contributed by atoms with E-state index in [0.29, 0.717) is 13.2 Å². The van der Waals surface area contributed by atoms with Gasteiger partial charge in [-0.05, 0) is 63.8 Å². The van der Waals surface area contributed by atoms with E-state index in [1.165, 1.54) is 0 Å². The first-order valence-electron chi connectivity index (χ1n) is 10.6.